The third-order valence-electron chi connectivity index (χ3n) is 4.78. The second-order valence-electron chi connectivity index (χ2n) is 6.95. The highest BCUT2D eigenvalue weighted by Gasteiger charge is 2.29. The van der Waals surface area contributed by atoms with Gasteiger partial charge in [0.15, 0.2) is 0 Å². The molecule has 6 nitrogen and oxygen atoms in total. The van der Waals surface area contributed by atoms with E-state index in [0.29, 0.717) is 18.8 Å². The van der Waals surface area contributed by atoms with E-state index in [0.717, 1.165) is 23.9 Å². The molecule has 0 saturated heterocycles. The molecule has 1 aromatic heterocycles. The molecule has 1 saturated carbocycles. The molecule has 7 heteroatoms. The number of aromatic nitrogens is 2. The van der Waals surface area contributed by atoms with E-state index in [1.165, 1.54) is 12.1 Å². The monoisotopic (exact) mass is 380 g/mol. The summed E-state index contributed by atoms with van der Waals surface area (Å²) in [7, 11) is 0. The molecule has 1 heterocycles. The number of nitrogens with one attached hydrogen (secondary N) is 2. The van der Waals surface area contributed by atoms with Gasteiger partial charge in [0, 0.05) is 18.9 Å². The lowest BCUT2D eigenvalue weighted by atomic mass is 10.3. The maximum absolute atomic E-state index is 13.8. The molecule has 3 aromatic rings. The summed E-state index contributed by atoms with van der Waals surface area (Å²) in [5.74, 6) is 0.136. The number of amides is 2. The Balaban J connectivity index is 1.50. The fourth-order valence-corrected chi connectivity index (χ4v) is 3.18. The lowest BCUT2D eigenvalue weighted by molar-refractivity contribution is -0.122. The molecular weight excluding hydrogens is 359 g/mol. The minimum atomic E-state index is -0.477. The molecule has 1 fully saturated rings. The first kappa shape index (κ1) is 18.2. The largest absolute Gasteiger partial charge is 0.355 e. The summed E-state index contributed by atoms with van der Waals surface area (Å²) in [5.41, 5.74) is 1.76. The van der Waals surface area contributed by atoms with E-state index in [9.17, 15) is 14.0 Å². The number of rotatable bonds is 7. The zero-order chi connectivity index (χ0) is 19.5. The molecule has 2 aromatic carbocycles. The zero-order valence-corrected chi connectivity index (χ0v) is 15.3. The van der Waals surface area contributed by atoms with Crippen molar-refractivity contribution in [2.24, 2.45) is 5.92 Å². The van der Waals surface area contributed by atoms with Crippen LogP contribution in [0, 0.1) is 11.7 Å². The summed E-state index contributed by atoms with van der Waals surface area (Å²) in [5, 5.41) is 5.53. The predicted molar refractivity (Wildman–Crippen MR) is 104 cm³/mol. The average Bonchev–Trinajstić information content (AvgIpc) is 3.48. The molecule has 28 heavy (non-hydrogen) atoms. The lowest BCUT2D eigenvalue weighted by Crippen LogP contribution is -2.28. The molecule has 0 unspecified atom stereocenters. The van der Waals surface area contributed by atoms with Gasteiger partial charge in [-0.2, -0.15) is 0 Å². The van der Waals surface area contributed by atoms with Crippen molar-refractivity contribution in [3.63, 3.8) is 0 Å². The minimum absolute atomic E-state index is 0.0146. The van der Waals surface area contributed by atoms with Crippen molar-refractivity contribution >= 4 is 28.5 Å². The molecule has 1 aliphatic carbocycles. The van der Waals surface area contributed by atoms with E-state index in [4.69, 9.17) is 0 Å². The van der Waals surface area contributed by atoms with Crippen LogP contribution in [-0.2, 0) is 22.6 Å². The number of anilines is 1. The van der Waals surface area contributed by atoms with E-state index >= 15 is 0 Å². The van der Waals surface area contributed by atoms with E-state index in [1.807, 2.05) is 28.8 Å². The van der Waals surface area contributed by atoms with Crippen LogP contribution in [0.4, 0.5) is 10.1 Å². The van der Waals surface area contributed by atoms with Crippen LogP contribution >= 0.6 is 0 Å². The number of hydrogen-bond donors (Lipinski definition) is 2. The standard InChI is InChI=1S/C21H21FN4O2/c22-15-5-1-2-6-16(15)25-20(27)13-26-18-8-4-3-7-17(18)24-19(26)11-12-23-21(28)14-9-10-14/h1-8,14H,9-13H2,(H,23,28)(H,25,27). The number of hydrogen-bond acceptors (Lipinski definition) is 3. The van der Waals surface area contributed by atoms with Gasteiger partial charge in [0.1, 0.15) is 18.2 Å². The van der Waals surface area contributed by atoms with Crippen LogP contribution in [0.15, 0.2) is 48.5 Å². The van der Waals surface area contributed by atoms with Gasteiger partial charge in [0.25, 0.3) is 0 Å². The maximum atomic E-state index is 13.8. The number of carbonyl (C=O) groups excluding carboxylic acids is 2. The molecular formula is C21H21FN4O2. The third kappa shape index (κ3) is 4.03. The number of para-hydroxylation sites is 3. The Bertz CT molecular complexity index is 1030. The Morgan fingerprint density at radius 3 is 2.64 bits per heavy atom. The fourth-order valence-electron chi connectivity index (χ4n) is 3.18. The number of imidazole rings is 1. The van der Waals surface area contributed by atoms with Gasteiger partial charge in [0.05, 0.1) is 16.7 Å². The van der Waals surface area contributed by atoms with Crippen LogP contribution in [0.5, 0.6) is 0 Å². The quantitative estimate of drug-likeness (QED) is 0.662. The van der Waals surface area contributed by atoms with Crippen LogP contribution in [0.2, 0.25) is 0 Å². The highest BCUT2D eigenvalue weighted by Crippen LogP contribution is 2.28. The van der Waals surface area contributed by atoms with Crippen molar-refractivity contribution < 1.29 is 14.0 Å². The highest BCUT2D eigenvalue weighted by atomic mass is 19.1. The fraction of sp³-hybridized carbons (Fsp3) is 0.286. The second-order valence-corrected chi connectivity index (χ2v) is 6.95. The summed E-state index contributed by atoms with van der Waals surface area (Å²) in [6, 6.07) is 13.6. The van der Waals surface area contributed by atoms with Gasteiger partial charge >= 0.3 is 0 Å². The van der Waals surface area contributed by atoms with Gasteiger partial charge in [-0.1, -0.05) is 24.3 Å². The molecule has 2 N–H and O–H groups in total. The maximum Gasteiger partial charge on any atom is 0.244 e. The Morgan fingerprint density at radius 1 is 1.11 bits per heavy atom. The number of nitrogens with zero attached hydrogens (tertiary/aromatic N) is 2. The average molecular weight is 380 g/mol. The number of benzene rings is 2. The zero-order valence-electron chi connectivity index (χ0n) is 15.3. The smallest absolute Gasteiger partial charge is 0.244 e. The van der Waals surface area contributed by atoms with E-state index in [2.05, 4.69) is 15.6 Å². The van der Waals surface area contributed by atoms with Gasteiger partial charge in [-0.05, 0) is 37.1 Å². The van der Waals surface area contributed by atoms with Gasteiger partial charge in [-0.3, -0.25) is 9.59 Å². The summed E-state index contributed by atoms with van der Waals surface area (Å²) >= 11 is 0. The van der Waals surface area contributed by atoms with Crippen LogP contribution < -0.4 is 10.6 Å². The van der Waals surface area contributed by atoms with Crippen LogP contribution in [0.1, 0.15) is 18.7 Å². The third-order valence-corrected chi connectivity index (χ3v) is 4.78. The van der Waals surface area contributed by atoms with Crippen LogP contribution in [0.3, 0.4) is 0 Å². The van der Waals surface area contributed by atoms with Crippen molar-refractivity contribution in [3.8, 4) is 0 Å². The van der Waals surface area contributed by atoms with Gasteiger partial charge in [-0.25, -0.2) is 9.37 Å². The van der Waals surface area contributed by atoms with E-state index in [1.54, 1.807) is 12.1 Å². The van der Waals surface area contributed by atoms with Crippen LogP contribution in [0.25, 0.3) is 11.0 Å². The highest BCUT2D eigenvalue weighted by molar-refractivity contribution is 5.91. The Morgan fingerprint density at radius 2 is 1.86 bits per heavy atom. The molecule has 1 aliphatic rings. The van der Waals surface area contributed by atoms with Crippen LogP contribution in [-0.4, -0.2) is 27.9 Å². The van der Waals surface area contributed by atoms with Crippen molar-refractivity contribution in [2.75, 3.05) is 11.9 Å². The van der Waals surface area contributed by atoms with Gasteiger partial charge in [0.2, 0.25) is 11.8 Å². The lowest BCUT2D eigenvalue weighted by Gasteiger charge is -2.11. The van der Waals surface area contributed by atoms with Gasteiger partial charge < -0.3 is 15.2 Å². The minimum Gasteiger partial charge on any atom is -0.355 e. The molecule has 0 bridgehead atoms. The van der Waals surface area contributed by atoms with Crippen molar-refractivity contribution in [3.05, 3.63) is 60.2 Å². The molecule has 144 valence electrons. The molecule has 0 aliphatic heterocycles. The van der Waals surface area contributed by atoms with E-state index in [-0.39, 0.29) is 30.0 Å². The predicted octanol–water partition coefficient (Wildman–Crippen LogP) is 2.88. The Kier molecular flexibility index (Phi) is 5.06. The SMILES string of the molecule is O=C(Cn1c(CCNC(=O)C2CC2)nc2ccccc21)Nc1ccccc1F. The number of halogens is 1. The summed E-state index contributed by atoms with van der Waals surface area (Å²) in [6.07, 6.45) is 2.43. The summed E-state index contributed by atoms with van der Waals surface area (Å²) < 4.78 is 15.6. The topological polar surface area (TPSA) is 76.0 Å². The van der Waals surface area contributed by atoms with E-state index < -0.39 is 5.82 Å². The Labute approximate surface area is 161 Å². The molecule has 2 amide bonds. The van der Waals surface area contributed by atoms with Crippen molar-refractivity contribution in [1.29, 1.82) is 0 Å². The summed E-state index contributed by atoms with van der Waals surface area (Å²) in [6.45, 7) is 0.480. The van der Waals surface area contributed by atoms with Crippen molar-refractivity contribution in [2.45, 2.75) is 25.8 Å². The second kappa shape index (κ2) is 7.80. The van der Waals surface area contributed by atoms with Crippen molar-refractivity contribution in [1.82, 2.24) is 14.9 Å². The Hall–Kier alpha value is -3.22. The number of carbonyl (C=O) groups is 2. The molecule has 4 rings (SSSR count). The first-order chi connectivity index (χ1) is 13.6. The first-order valence-electron chi connectivity index (χ1n) is 9.38. The number of fused-ring (bicyclic) bond motifs is 1. The summed E-state index contributed by atoms with van der Waals surface area (Å²) in [4.78, 5) is 28.9. The first-order valence-corrected chi connectivity index (χ1v) is 9.38. The van der Waals surface area contributed by atoms with Gasteiger partial charge in [-0.15, -0.1) is 0 Å². The molecule has 0 atom stereocenters. The molecule has 0 radical (unpaired) electrons. The normalized spacial score (nSPS) is 13.5. The molecule has 0 spiro atoms.